The molecule has 5 nitrogen and oxygen atoms in total. The average Bonchev–Trinajstić information content (AvgIpc) is 2.78. The number of benzene rings is 3. The minimum Gasteiger partial charge on any atom is -0.391 e. The molecule has 0 spiro atoms. The van der Waals surface area contributed by atoms with Crippen molar-refractivity contribution in [3.63, 3.8) is 0 Å². The number of nitrogens with one attached hydrogen (secondary N) is 1. The van der Waals surface area contributed by atoms with Crippen LogP contribution in [-0.2, 0) is 14.9 Å². The van der Waals surface area contributed by atoms with Gasteiger partial charge in [-0.15, -0.1) is 0 Å². The summed E-state index contributed by atoms with van der Waals surface area (Å²) < 4.78 is 64.0. The highest BCUT2D eigenvalue weighted by molar-refractivity contribution is 7.93. The fourth-order valence-corrected chi connectivity index (χ4v) is 3.48. The van der Waals surface area contributed by atoms with Crippen molar-refractivity contribution in [1.82, 2.24) is 0 Å². The van der Waals surface area contributed by atoms with Gasteiger partial charge < -0.3 is 4.84 Å². The molecule has 0 fully saturated rings. The molecule has 0 bridgehead atoms. The Hall–Kier alpha value is -3.59. The molecule has 0 atom stereocenters. The number of sulfonamides is 1. The number of oxime groups is 1. The molecule has 0 saturated carbocycles. The van der Waals surface area contributed by atoms with Crippen molar-refractivity contribution in [3.05, 3.63) is 107 Å². The third-order valence-corrected chi connectivity index (χ3v) is 5.56. The molecule has 3 aromatic rings. The van der Waals surface area contributed by atoms with E-state index >= 15 is 0 Å². The molecule has 0 radical (unpaired) electrons. The average molecular weight is 475 g/mol. The molecule has 0 aromatic heterocycles. The van der Waals surface area contributed by atoms with Gasteiger partial charge in [0.2, 0.25) is 0 Å². The Morgan fingerprint density at radius 3 is 2.27 bits per heavy atom. The molecule has 3 aromatic carbocycles. The Bertz CT molecular complexity index is 1240. The first-order valence-corrected chi connectivity index (χ1v) is 11.3. The first kappa shape index (κ1) is 24.1. The van der Waals surface area contributed by atoms with Gasteiger partial charge in [0.1, 0.15) is 12.3 Å². The number of nitrogens with zero attached hydrogens (tertiary/aromatic N) is 1. The number of hydrogen-bond donors (Lipinski definition) is 1. The Morgan fingerprint density at radius 1 is 1.00 bits per heavy atom. The maximum Gasteiger partial charge on any atom is 0.516 e. The van der Waals surface area contributed by atoms with Crippen LogP contribution in [0.25, 0.3) is 6.08 Å². The van der Waals surface area contributed by atoms with Gasteiger partial charge in [0.15, 0.2) is 0 Å². The van der Waals surface area contributed by atoms with Crippen LogP contribution in [0.1, 0.15) is 22.3 Å². The van der Waals surface area contributed by atoms with Gasteiger partial charge in [-0.1, -0.05) is 83.5 Å². The lowest BCUT2D eigenvalue weighted by molar-refractivity contribution is -0.0429. The number of alkyl halides is 3. The molecule has 0 saturated heterocycles. The Kier molecular flexibility index (Phi) is 7.55. The summed E-state index contributed by atoms with van der Waals surface area (Å²) in [5, 5.41) is 4.14. The molecule has 0 aliphatic carbocycles. The Labute approximate surface area is 190 Å². The van der Waals surface area contributed by atoms with Crippen LogP contribution >= 0.6 is 0 Å². The molecule has 172 valence electrons. The lowest BCUT2D eigenvalue weighted by Gasteiger charge is -2.16. The van der Waals surface area contributed by atoms with Gasteiger partial charge in [0.05, 0.1) is 5.69 Å². The highest BCUT2D eigenvalue weighted by Crippen LogP contribution is 2.29. The van der Waals surface area contributed by atoms with Gasteiger partial charge in [-0.2, -0.15) is 21.6 Å². The van der Waals surface area contributed by atoms with Crippen LogP contribution in [0.5, 0.6) is 0 Å². The summed E-state index contributed by atoms with van der Waals surface area (Å²) in [4.78, 5) is 5.42. The van der Waals surface area contributed by atoms with Gasteiger partial charge >= 0.3 is 15.5 Å². The van der Waals surface area contributed by atoms with Crippen LogP contribution in [0.15, 0.2) is 90.1 Å². The summed E-state index contributed by atoms with van der Waals surface area (Å²) in [5.41, 5.74) is -3.17. The molecule has 0 aliphatic heterocycles. The van der Waals surface area contributed by atoms with Gasteiger partial charge in [0.25, 0.3) is 0 Å². The van der Waals surface area contributed by atoms with E-state index in [4.69, 9.17) is 4.84 Å². The van der Waals surface area contributed by atoms with Gasteiger partial charge in [0, 0.05) is 11.1 Å². The summed E-state index contributed by atoms with van der Waals surface area (Å²) in [5.74, 6) is 0. The van der Waals surface area contributed by atoms with E-state index in [1.807, 2.05) is 36.4 Å². The number of anilines is 1. The van der Waals surface area contributed by atoms with Crippen molar-refractivity contribution in [2.45, 2.75) is 12.4 Å². The van der Waals surface area contributed by atoms with E-state index in [2.05, 4.69) is 5.16 Å². The summed E-state index contributed by atoms with van der Waals surface area (Å²) in [6, 6.07) is 22.5. The first-order chi connectivity index (χ1) is 15.7. The second-order valence-electron chi connectivity index (χ2n) is 7.02. The predicted molar refractivity (Wildman–Crippen MR) is 123 cm³/mol. The third kappa shape index (κ3) is 6.45. The van der Waals surface area contributed by atoms with Gasteiger partial charge in [-0.3, -0.25) is 4.72 Å². The van der Waals surface area contributed by atoms with Crippen molar-refractivity contribution < 1.29 is 26.4 Å². The Morgan fingerprint density at radius 2 is 1.64 bits per heavy atom. The second-order valence-corrected chi connectivity index (χ2v) is 8.69. The van der Waals surface area contributed by atoms with Crippen molar-refractivity contribution in [3.8, 4) is 0 Å². The third-order valence-electron chi connectivity index (χ3n) is 4.46. The molecule has 33 heavy (non-hydrogen) atoms. The van der Waals surface area contributed by atoms with Crippen molar-refractivity contribution in [2.75, 3.05) is 11.3 Å². The minimum absolute atomic E-state index is 0.0979. The highest BCUT2D eigenvalue weighted by Gasteiger charge is 2.46. The van der Waals surface area contributed by atoms with E-state index in [1.165, 1.54) is 12.1 Å². The topological polar surface area (TPSA) is 67.8 Å². The van der Waals surface area contributed by atoms with Crippen LogP contribution in [0.2, 0.25) is 0 Å². The molecule has 0 amide bonds. The van der Waals surface area contributed by atoms with Crippen LogP contribution in [-0.4, -0.2) is 26.2 Å². The fourth-order valence-electron chi connectivity index (χ4n) is 2.89. The molecule has 0 unspecified atom stereocenters. The molecule has 3 rings (SSSR count). The monoisotopic (exact) mass is 474 g/mol. The second kappa shape index (κ2) is 10.4. The lowest BCUT2D eigenvalue weighted by atomic mass is 9.99. The maximum absolute atomic E-state index is 13.0. The molecule has 0 heterocycles. The van der Waals surface area contributed by atoms with Crippen LogP contribution in [0.3, 0.4) is 0 Å². The highest BCUT2D eigenvalue weighted by atomic mass is 32.2. The van der Waals surface area contributed by atoms with Crippen LogP contribution < -0.4 is 4.72 Å². The largest absolute Gasteiger partial charge is 0.516 e. The number of rotatable bonds is 8. The smallest absolute Gasteiger partial charge is 0.391 e. The normalized spacial score (nSPS) is 12.7. The van der Waals surface area contributed by atoms with Crippen molar-refractivity contribution >= 4 is 27.5 Å². The first-order valence-electron chi connectivity index (χ1n) is 9.84. The summed E-state index contributed by atoms with van der Waals surface area (Å²) in [7, 11) is -5.62. The lowest BCUT2D eigenvalue weighted by Crippen LogP contribution is -2.30. The van der Waals surface area contributed by atoms with Crippen LogP contribution in [0, 0.1) is 6.92 Å². The molecule has 0 aliphatic rings. The zero-order valence-electron chi connectivity index (χ0n) is 17.6. The van der Waals surface area contributed by atoms with Crippen molar-refractivity contribution in [2.24, 2.45) is 5.16 Å². The molecular formula is C24H21F3N2O3S. The van der Waals surface area contributed by atoms with Crippen molar-refractivity contribution in [1.29, 1.82) is 0 Å². The van der Waals surface area contributed by atoms with E-state index in [1.54, 1.807) is 54.1 Å². The SMILES string of the molecule is Cc1ccc(NS(=O)(=O)C(F)(F)F)c(/C(=N/OC/C=C/c2ccccc2)c2ccccc2)c1. The number of aryl methyl sites for hydroxylation is 1. The van der Waals surface area contributed by atoms with E-state index in [-0.39, 0.29) is 23.6 Å². The van der Waals surface area contributed by atoms with Crippen LogP contribution in [0.4, 0.5) is 18.9 Å². The standard InChI is InChI=1S/C24H21F3N2O3S/c1-18-14-15-22(29-33(30,31)24(25,26)27)21(17-18)23(20-12-6-3-7-13-20)28-32-16-8-11-19-9-4-2-5-10-19/h2-15,17,29H,16H2,1H3/b11-8+,28-23+. The zero-order chi connectivity index (χ0) is 23.9. The quantitative estimate of drug-likeness (QED) is 0.257. The molecular weight excluding hydrogens is 453 g/mol. The number of hydrogen-bond acceptors (Lipinski definition) is 4. The molecule has 9 heteroatoms. The zero-order valence-corrected chi connectivity index (χ0v) is 18.4. The number of halogens is 3. The minimum atomic E-state index is -5.62. The summed E-state index contributed by atoms with van der Waals surface area (Å²) in [6.07, 6.45) is 3.58. The maximum atomic E-state index is 13.0. The molecule has 1 N–H and O–H groups in total. The summed E-state index contributed by atoms with van der Waals surface area (Å²) in [6.45, 7) is 1.83. The van der Waals surface area contributed by atoms with Gasteiger partial charge in [-0.05, 0) is 30.7 Å². The van der Waals surface area contributed by atoms with Gasteiger partial charge in [-0.25, -0.2) is 0 Å². The summed E-state index contributed by atoms with van der Waals surface area (Å²) >= 11 is 0. The van der Waals surface area contributed by atoms with E-state index in [0.29, 0.717) is 11.1 Å². The van der Waals surface area contributed by atoms with E-state index in [0.717, 1.165) is 5.56 Å². The van der Waals surface area contributed by atoms with E-state index in [9.17, 15) is 21.6 Å². The predicted octanol–water partition coefficient (Wildman–Crippen LogP) is 5.74. The van der Waals surface area contributed by atoms with E-state index < -0.39 is 15.5 Å². The fraction of sp³-hybridized carbons (Fsp3) is 0.125. The Balaban J connectivity index is 1.95.